The van der Waals surface area contributed by atoms with Gasteiger partial charge in [0.15, 0.2) is 5.78 Å². The number of ketones is 1. The molecule has 0 saturated heterocycles. The average molecular weight is 384 g/mol. The van der Waals surface area contributed by atoms with Crippen LogP contribution in [0, 0.1) is 0 Å². The van der Waals surface area contributed by atoms with Crippen molar-refractivity contribution in [3.05, 3.63) is 95.2 Å². The van der Waals surface area contributed by atoms with Gasteiger partial charge in [-0.15, -0.1) is 0 Å². The van der Waals surface area contributed by atoms with Gasteiger partial charge in [0, 0.05) is 23.0 Å². The number of ether oxygens (including phenoxy) is 1. The molecule has 1 unspecified atom stereocenters. The van der Waals surface area contributed by atoms with Crippen molar-refractivity contribution in [3.8, 4) is 0 Å². The molecule has 0 bridgehead atoms. The molecule has 1 aliphatic carbocycles. The Hall–Kier alpha value is -3.93. The average Bonchev–Trinajstić information content (AvgIpc) is 3.15. The molecular weight excluding hydrogens is 368 g/mol. The van der Waals surface area contributed by atoms with Crippen LogP contribution in [-0.4, -0.2) is 30.9 Å². The first kappa shape index (κ1) is 17.2. The Morgan fingerprint density at radius 1 is 1.03 bits per heavy atom. The molecule has 0 radical (unpaired) electrons. The number of carbonyl (C=O) groups excluding carboxylic acids is 3. The summed E-state index contributed by atoms with van der Waals surface area (Å²) < 4.78 is 4.75. The fraction of sp³-hybridized carbons (Fsp3) is 0.0870. The highest BCUT2D eigenvalue weighted by Gasteiger charge is 2.45. The van der Waals surface area contributed by atoms with Gasteiger partial charge in [-0.25, -0.2) is 4.79 Å². The van der Waals surface area contributed by atoms with Crippen LogP contribution >= 0.6 is 0 Å². The summed E-state index contributed by atoms with van der Waals surface area (Å²) in [6.07, 6.45) is 6.45. The number of carbonyl (C=O) groups is 3. The Morgan fingerprint density at radius 3 is 2.55 bits per heavy atom. The quantitative estimate of drug-likeness (QED) is 0.744. The number of allylic oxidation sites excluding steroid dienone is 3. The van der Waals surface area contributed by atoms with Crippen LogP contribution in [0.15, 0.2) is 84.1 Å². The van der Waals surface area contributed by atoms with Crippen LogP contribution in [0.2, 0.25) is 0 Å². The first-order valence-electron chi connectivity index (χ1n) is 9.14. The Balaban J connectivity index is 1.66. The lowest BCUT2D eigenvalue weighted by molar-refractivity contribution is -0.111. The third-order valence-electron chi connectivity index (χ3n) is 5.35. The van der Waals surface area contributed by atoms with E-state index >= 15 is 0 Å². The van der Waals surface area contributed by atoms with Crippen LogP contribution < -0.4 is 9.80 Å². The summed E-state index contributed by atoms with van der Waals surface area (Å²) in [5.41, 5.74) is 3.70. The van der Waals surface area contributed by atoms with E-state index in [2.05, 4.69) is 0 Å². The molecule has 0 fully saturated rings. The van der Waals surface area contributed by atoms with E-state index in [1.807, 2.05) is 35.4 Å². The standard InChI is InChI=1S/C23H16N2O4/c1-29-23(28)14-9-11-15(12-10-14)25-21-16-6-4-8-20(26)18(16)13-24(21)19-7-3-2-5-17(19)22(25)27/h2-13,21H,1H3. The molecule has 2 aromatic rings. The lowest BCUT2D eigenvalue weighted by Gasteiger charge is -2.42. The number of esters is 1. The van der Waals surface area contributed by atoms with Crippen molar-refractivity contribution in [2.24, 2.45) is 0 Å². The highest BCUT2D eigenvalue weighted by molar-refractivity contribution is 6.17. The molecule has 2 heterocycles. The molecule has 142 valence electrons. The predicted molar refractivity (Wildman–Crippen MR) is 108 cm³/mol. The number of rotatable bonds is 2. The monoisotopic (exact) mass is 384 g/mol. The number of fused-ring (bicyclic) bond motifs is 5. The minimum Gasteiger partial charge on any atom is -0.465 e. The second kappa shape index (κ2) is 6.31. The maximum Gasteiger partial charge on any atom is 0.337 e. The summed E-state index contributed by atoms with van der Waals surface area (Å²) in [5.74, 6) is -0.683. The van der Waals surface area contributed by atoms with Gasteiger partial charge < -0.3 is 9.64 Å². The van der Waals surface area contributed by atoms with Gasteiger partial charge in [-0.05, 0) is 42.5 Å². The van der Waals surface area contributed by atoms with E-state index in [4.69, 9.17) is 4.74 Å². The third-order valence-corrected chi connectivity index (χ3v) is 5.35. The second-order valence-electron chi connectivity index (χ2n) is 6.90. The van der Waals surface area contributed by atoms with Gasteiger partial charge in [0.05, 0.1) is 23.9 Å². The van der Waals surface area contributed by atoms with Crippen molar-refractivity contribution >= 4 is 29.0 Å². The van der Waals surface area contributed by atoms with Gasteiger partial charge in [0.2, 0.25) is 0 Å². The molecule has 2 aromatic carbocycles. The Kier molecular flexibility index (Phi) is 3.74. The summed E-state index contributed by atoms with van der Waals surface area (Å²) in [7, 11) is 1.32. The van der Waals surface area contributed by atoms with Crippen molar-refractivity contribution in [3.63, 3.8) is 0 Å². The van der Waals surface area contributed by atoms with Crippen LogP contribution in [-0.2, 0) is 9.53 Å². The molecule has 6 nitrogen and oxygen atoms in total. The zero-order valence-corrected chi connectivity index (χ0v) is 15.5. The summed E-state index contributed by atoms with van der Waals surface area (Å²) >= 11 is 0. The number of amides is 1. The fourth-order valence-electron chi connectivity index (χ4n) is 4.00. The number of anilines is 2. The zero-order chi connectivity index (χ0) is 20.1. The van der Waals surface area contributed by atoms with Crippen LogP contribution in [0.1, 0.15) is 20.7 Å². The highest BCUT2D eigenvalue weighted by atomic mass is 16.5. The largest absolute Gasteiger partial charge is 0.465 e. The summed E-state index contributed by atoms with van der Waals surface area (Å²) in [6, 6.07) is 14.0. The summed E-state index contributed by atoms with van der Waals surface area (Å²) in [6.45, 7) is 0. The zero-order valence-electron chi connectivity index (χ0n) is 15.5. The van der Waals surface area contributed by atoms with Crippen molar-refractivity contribution < 1.29 is 19.1 Å². The molecular formula is C23H16N2O4. The van der Waals surface area contributed by atoms with E-state index in [0.29, 0.717) is 22.4 Å². The lowest BCUT2D eigenvalue weighted by atomic mass is 9.95. The molecule has 29 heavy (non-hydrogen) atoms. The first-order chi connectivity index (χ1) is 14.1. The topological polar surface area (TPSA) is 66.9 Å². The molecule has 0 spiro atoms. The van der Waals surface area contributed by atoms with E-state index in [1.165, 1.54) is 13.2 Å². The van der Waals surface area contributed by atoms with E-state index in [-0.39, 0.29) is 11.7 Å². The first-order valence-corrected chi connectivity index (χ1v) is 9.14. The molecule has 5 rings (SSSR count). The van der Waals surface area contributed by atoms with Crippen molar-refractivity contribution in [1.29, 1.82) is 0 Å². The summed E-state index contributed by atoms with van der Waals surface area (Å²) in [4.78, 5) is 41.3. The fourth-order valence-corrected chi connectivity index (χ4v) is 4.00. The van der Waals surface area contributed by atoms with Crippen LogP contribution in [0.4, 0.5) is 11.4 Å². The molecule has 0 N–H and O–H groups in total. The second-order valence-corrected chi connectivity index (χ2v) is 6.90. The lowest BCUT2D eigenvalue weighted by Crippen LogP contribution is -2.52. The van der Waals surface area contributed by atoms with Gasteiger partial charge in [-0.2, -0.15) is 0 Å². The normalized spacial score (nSPS) is 19.3. The predicted octanol–water partition coefficient (Wildman–Crippen LogP) is 3.23. The van der Waals surface area contributed by atoms with Crippen LogP contribution in [0.3, 0.4) is 0 Å². The SMILES string of the molecule is COC(=O)c1ccc(N2C(=O)c3ccccc3N3C=C4C(=O)C=CC=C4C32)cc1. The molecule has 2 aliphatic heterocycles. The van der Waals surface area contributed by atoms with Crippen molar-refractivity contribution in [2.45, 2.75) is 6.17 Å². The number of para-hydroxylation sites is 1. The minimum atomic E-state index is -0.467. The smallest absolute Gasteiger partial charge is 0.337 e. The van der Waals surface area contributed by atoms with Crippen molar-refractivity contribution in [2.75, 3.05) is 16.9 Å². The molecule has 6 heteroatoms. The maximum atomic E-state index is 13.4. The van der Waals surface area contributed by atoms with Gasteiger partial charge >= 0.3 is 5.97 Å². The Labute approximate surface area is 167 Å². The third kappa shape index (κ3) is 2.46. The number of hydrogen-bond donors (Lipinski definition) is 0. The van der Waals surface area contributed by atoms with Crippen LogP contribution in [0.25, 0.3) is 0 Å². The molecule has 0 saturated carbocycles. The number of benzene rings is 2. The number of methoxy groups -OCH3 is 1. The minimum absolute atomic E-state index is 0.0807. The van der Waals surface area contributed by atoms with Gasteiger partial charge in [0.1, 0.15) is 6.17 Å². The number of hydrogen-bond acceptors (Lipinski definition) is 5. The molecule has 1 amide bonds. The van der Waals surface area contributed by atoms with Crippen molar-refractivity contribution in [1.82, 2.24) is 0 Å². The molecule has 1 atom stereocenters. The van der Waals surface area contributed by atoms with Gasteiger partial charge in [-0.1, -0.05) is 24.3 Å². The van der Waals surface area contributed by atoms with E-state index in [9.17, 15) is 14.4 Å². The Morgan fingerprint density at radius 2 is 1.79 bits per heavy atom. The summed E-state index contributed by atoms with van der Waals surface area (Å²) in [5, 5.41) is 0. The Bertz CT molecular complexity index is 1160. The number of nitrogens with zero attached hydrogens (tertiary/aromatic N) is 2. The maximum absolute atomic E-state index is 13.4. The molecule has 0 aromatic heterocycles. The highest BCUT2D eigenvalue weighted by Crippen LogP contribution is 2.43. The van der Waals surface area contributed by atoms with Crippen LogP contribution in [0.5, 0.6) is 0 Å². The molecule has 3 aliphatic rings. The van der Waals surface area contributed by atoms with E-state index in [0.717, 1.165) is 11.3 Å². The van der Waals surface area contributed by atoms with E-state index < -0.39 is 12.1 Å². The van der Waals surface area contributed by atoms with Gasteiger partial charge in [0.25, 0.3) is 5.91 Å². The van der Waals surface area contributed by atoms with Gasteiger partial charge in [-0.3, -0.25) is 14.5 Å². The van der Waals surface area contributed by atoms with E-state index in [1.54, 1.807) is 41.3 Å².